The van der Waals surface area contributed by atoms with Crippen LogP contribution in [0, 0.1) is 0 Å². The Bertz CT molecular complexity index is 892. The van der Waals surface area contributed by atoms with Crippen LogP contribution in [-0.2, 0) is 15.7 Å². The van der Waals surface area contributed by atoms with Gasteiger partial charge in [-0.05, 0) is 42.5 Å². The van der Waals surface area contributed by atoms with Gasteiger partial charge >= 0.3 is 12.1 Å². The van der Waals surface area contributed by atoms with Crippen molar-refractivity contribution in [2.45, 2.75) is 6.18 Å². The summed E-state index contributed by atoms with van der Waals surface area (Å²) in [6.07, 6.45) is -4.40. The van der Waals surface area contributed by atoms with E-state index in [2.05, 4.69) is 0 Å². The van der Waals surface area contributed by atoms with Gasteiger partial charge in [0, 0.05) is 31.9 Å². The number of amides is 1. The average molecular weight is 422 g/mol. The molecule has 0 aromatic heterocycles. The van der Waals surface area contributed by atoms with Crippen molar-refractivity contribution in [3.63, 3.8) is 0 Å². The number of nitrogens with zero attached hydrogens (tertiary/aromatic N) is 2. The molecule has 0 spiro atoms. The molecule has 1 fully saturated rings. The SMILES string of the molecule is COc1ccc(C(=O)OCC(=O)N2CCN(c3cccc(C(F)(F)F)c3)CC2)cc1. The van der Waals surface area contributed by atoms with Gasteiger partial charge in [-0.3, -0.25) is 4.79 Å². The van der Waals surface area contributed by atoms with Crippen LogP contribution in [0.1, 0.15) is 15.9 Å². The lowest BCUT2D eigenvalue weighted by Crippen LogP contribution is -2.50. The fraction of sp³-hybridized carbons (Fsp3) is 0.333. The van der Waals surface area contributed by atoms with Gasteiger partial charge in [0.25, 0.3) is 5.91 Å². The van der Waals surface area contributed by atoms with E-state index in [4.69, 9.17) is 9.47 Å². The molecule has 2 aromatic carbocycles. The van der Waals surface area contributed by atoms with E-state index >= 15 is 0 Å². The average Bonchev–Trinajstić information content (AvgIpc) is 2.77. The van der Waals surface area contributed by atoms with Crippen molar-refractivity contribution in [2.75, 3.05) is 44.8 Å². The van der Waals surface area contributed by atoms with Crippen LogP contribution in [0.5, 0.6) is 5.75 Å². The first kappa shape index (κ1) is 21.5. The normalized spacial score (nSPS) is 14.4. The van der Waals surface area contributed by atoms with Crippen LogP contribution in [0.2, 0.25) is 0 Å². The zero-order valence-electron chi connectivity index (χ0n) is 16.3. The second-order valence-corrected chi connectivity index (χ2v) is 6.72. The molecule has 9 heteroatoms. The number of methoxy groups -OCH3 is 1. The summed E-state index contributed by atoms with van der Waals surface area (Å²) in [5, 5.41) is 0. The molecule has 3 rings (SSSR count). The molecule has 30 heavy (non-hydrogen) atoms. The third-order valence-corrected chi connectivity index (χ3v) is 4.82. The number of ether oxygens (including phenoxy) is 2. The number of rotatable bonds is 5. The van der Waals surface area contributed by atoms with Crippen molar-refractivity contribution in [3.8, 4) is 5.75 Å². The Hall–Kier alpha value is -3.23. The number of alkyl halides is 3. The zero-order chi connectivity index (χ0) is 21.7. The first-order valence-electron chi connectivity index (χ1n) is 9.29. The third-order valence-electron chi connectivity index (χ3n) is 4.82. The molecule has 0 radical (unpaired) electrons. The van der Waals surface area contributed by atoms with E-state index in [-0.39, 0.29) is 5.91 Å². The maximum atomic E-state index is 12.9. The Labute approximate surface area is 171 Å². The summed E-state index contributed by atoms with van der Waals surface area (Å²) in [5.74, 6) is -0.365. The zero-order valence-corrected chi connectivity index (χ0v) is 16.3. The van der Waals surface area contributed by atoms with Crippen LogP contribution in [0.25, 0.3) is 0 Å². The molecule has 160 valence electrons. The molecule has 0 unspecified atom stereocenters. The van der Waals surface area contributed by atoms with Crippen molar-refractivity contribution in [1.29, 1.82) is 0 Å². The molecule has 2 aromatic rings. The van der Waals surface area contributed by atoms with Gasteiger partial charge in [0.1, 0.15) is 5.75 Å². The Morgan fingerprint density at radius 1 is 1.00 bits per heavy atom. The number of carbonyl (C=O) groups excluding carboxylic acids is 2. The van der Waals surface area contributed by atoms with Crippen molar-refractivity contribution < 1.29 is 32.2 Å². The molecule has 0 bridgehead atoms. The van der Waals surface area contributed by atoms with Gasteiger partial charge in [-0.15, -0.1) is 0 Å². The van der Waals surface area contributed by atoms with E-state index in [9.17, 15) is 22.8 Å². The van der Waals surface area contributed by atoms with Crippen LogP contribution in [-0.4, -0.2) is 56.7 Å². The molecule has 6 nitrogen and oxygen atoms in total. The highest BCUT2D eigenvalue weighted by Crippen LogP contribution is 2.31. The van der Waals surface area contributed by atoms with Crippen molar-refractivity contribution in [1.82, 2.24) is 4.90 Å². The molecule has 0 atom stereocenters. The number of hydrogen-bond acceptors (Lipinski definition) is 5. The summed E-state index contributed by atoms with van der Waals surface area (Å²) in [4.78, 5) is 27.7. The maximum absolute atomic E-state index is 12.9. The van der Waals surface area contributed by atoms with E-state index in [1.54, 1.807) is 35.2 Å². The number of esters is 1. The molecular formula is C21H21F3N2O4. The van der Waals surface area contributed by atoms with E-state index in [0.717, 1.165) is 12.1 Å². The largest absolute Gasteiger partial charge is 0.497 e. The fourth-order valence-corrected chi connectivity index (χ4v) is 3.12. The van der Waals surface area contributed by atoms with Crippen LogP contribution in [0.3, 0.4) is 0 Å². The van der Waals surface area contributed by atoms with E-state index in [1.165, 1.54) is 18.1 Å². The molecule has 1 heterocycles. The maximum Gasteiger partial charge on any atom is 0.416 e. The van der Waals surface area contributed by atoms with Gasteiger partial charge in [-0.1, -0.05) is 6.07 Å². The quantitative estimate of drug-likeness (QED) is 0.693. The van der Waals surface area contributed by atoms with Gasteiger partial charge in [0.15, 0.2) is 6.61 Å². The second kappa shape index (κ2) is 9.06. The Balaban J connectivity index is 1.50. The second-order valence-electron chi connectivity index (χ2n) is 6.72. The lowest BCUT2D eigenvalue weighted by Gasteiger charge is -2.36. The number of anilines is 1. The number of carbonyl (C=O) groups is 2. The van der Waals surface area contributed by atoms with Gasteiger partial charge in [-0.25, -0.2) is 4.79 Å². The molecule has 1 amide bonds. The predicted octanol–water partition coefficient (Wildman–Crippen LogP) is 3.22. The van der Waals surface area contributed by atoms with Gasteiger partial charge in [0.05, 0.1) is 18.2 Å². The first-order chi connectivity index (χ1) is 14.3. The molecule has 1 saturated heterocycles. The van der Waals surface area contributed by atoms with Gasteiger partial charge in [0.2, 0.25) is 0 Å². The van der Waals surface area contributed by atoms with Crippen LogP contribution < -0.4 is 9.64 Å². The van der Waals surface area contributed by atoms with Gasteiger partial charge < -0.3 is 19.3 Å². The molecule has 0 aliphatic carbocycles. The molecule has 0 N–H and O–H groups in total. The van der Waals surface area contributed by atoms with Crippen LogP contribution in [0.15, 0.2) is 48.5 Å². The predicted molar refractivity (Wildman–Crippen MR) is 104 cm³/mol. The van der Waals surface area contributed by atoms with E-state index < -0.39 is 24.3 Å². The van der Waals surface area contributed by atoms with Gasteiger partial charge in [-0.2, -0.15) is 13.2 Å². The molecule has 0 saturated carbocycles. The minimum absolute atomic E-state index is 0.304. The summed E-state index contributed by atoms with van der Waals surface area (Å²) >= 11 is 0. The summed E-state index contributed by atoms with van der Waals surface area (Å²) in [5.41, 5.74) is 0.0600. The lowest BCUT2D eigenvalue weighted by molar-refractivity contribution is -0.137. The Morgan fingerprint density at radius 2 is 1.67 bits per heavy atom. The monoisotopic (exact) mass is 422 g/mol. The highest BCUT2D eigenvalue weighted by atomic mass is 19.4. The standard InChI is InChI=1S/C21H21F3N2O4/c1-29-18-7-5-15(6-8-18)20(28)30-14-19(27)26-11-9-25(10-12-26)17-4-2-3-16(13-17)21(22,23)24/h2-8,13H,9-12,14H2,1H3. The first-order valence-corrected chi connectivity index (χ1v) is 9.29. The lowest BCUT2D eigenvalue weighted by atomic mass is 10.1. The van der Waals surface area contributed by atoms with Crippen LogP contribution >= 0.6 is 0 Å². The minimum Gasteiger partial charge on any atom is -0.497 e. The number of benzene rings is 2. The van der Waals surface area contributed by atoms with Crippen molar-refractivity contribution in [2.24, 2.45) is 0 Å². The third kappa shape index (κ3) is 5.22. The van der Waals surface area contributed by atoms with E-state index in [0.29, 0.717) is 43.2 Å². The van der Waals surface area contributed by atoms with Crippen molar-refractivity contribution in [3.05, 3.63) is 59.7 Å². The summed E-state index contributed by atoms with van der Waals surface area (Å²) in [6.45, 7) is 1.04. The fourth-order valence-electron chi connectivity index (χ4n) is 3.12. The highest BCUT2D eigenvalue weighted by molar-refractivity contribution is 5.91. The number of hydrogen-bond donors (Lipinski definition) is 0. The summed E-state index contributed by atoms with van der Waals surface area (Å²) in [7, 11) is 1.51. The van der Waals surface area contributed by atoms with Crippen LogP contribution in [0.4, 0.5) is 18.9 Å². The summed E-state index contributed by atoms with van der Waals surface area (Å²) < 4.78 is 48.8. The molecule has 1 aliphatic heterocycles. The number of halogens is 3. The Kier molecular flexibility index (Phi) is 6.49. The highest BCUT2D eigenvalue weighted by Gasteiger charge is 2.31. The summed E-state index contributed by atoms with van der Waals surface area (Å²) in [6, 6.07) is 11.4. The molecular weight excluding hydrogens is 401 g/mol. The smallest absolute Gasteiger partial charge is 0.416 e. The van der Waals surface area contributed by atoms with E-state index in [1.807, 2.05) is 0 Å². The minimum atomic E-state index is -4.40. The van der Waals surface area contributed by atoms with Crippen molar-refractivity contribution >= 4 is 17.6 Å². The molecule has 1 aliphatic rings. The Morgan fingerprint density at radius 3 is 2.27 bits per heavy atom. The topological polar surface area (TPSA) is 59.1 Å². The number of piperazine rings is 1.